The smallest absolute Gasteiger partial charge is 0.416 e. The number of nitrogens with one attached hydrogen (secondary N) is 1. The highest BCUT2D eigenvalue weighted by atomic mass is 35.5. The number of hydrogen-bond donors (Lipinski definition) is 4. The van der Waals surface area contributed by atoms with Crippen LogP contribution in [0.2, 0.25) is 5.02 Å². The topological polar surface area (TPSA) is 97.5 Å². The van der Waals surface area contributed by atoms with Crippen molar-refractivity contribution in [1.82, 2.24) is 4.98 Å². The van der Waals surface area contributed by atoms with Crippen molar-refractivity contribution >= 4 is 56.8 Å². The van der Waals surface area contributed by atoms with Gasteiger partial charge in [0.15, 0.2) is 5.13 Å². The average Bonchev–Trinajstić information content (AvgIpc) is 3.12. The summed E-state index contributed by atoms with van der Waals surface area (Å²) in [6, 6.07) is 5.95. The van der Waals surface area contributed by atoms with Crippen LogP contribution in [0.15, 0.2) is 30.3 Å². The third-order valence-corrected chi connectivity index (χ3v) is 4.76. The maximum Gasteiger partial charge on any atom is 0.416 e. The lowest BCUT2D eigenvalue weighted by molar-refractivity contribution is -0.137. The van der Waals surface area contributed by atoms with Crippen LogP contribution < -0.4 is 11.2 Å². The van der Waals surface area contributed by atoms with Crippen molar-refractivity contribution in [3.8, 4) is 5.75 Å². The summed E-state index contributed by atoms with van der Waals surface area (Å²) in [4.78, 5) is 20.4. The van der Waals surface area contributed by atoms with Gasteiger partial charge in [0.2, 0.25) is 0 Å². The van der Waals surface area contributed by atoms with Gasteiger partial charge in [0.05, 0.1) is 28.0 Å². The minimum atomic E-state index is -4.45. The van der Waals surface area contributed by atoms with Gasteiger partial charge < -0.3 is 9.94 Å². The number of aromatic hydroxyl groups is 1. The molecule has 1 aromatic heterocycles. The molecule has 1 heterocycles. The number of thiol groups is 1. The number of hydrogen-bond acceptors (Lipinski definition) is 7. The molecule has 0 bridgehead atoms. The zero-order chi connectivity index (χ0) is 24.5. The van der Waals surface area contributed by atoms with E-state index in [0.29, 0.717) is 17.7 Å². The Labute approximate surface area is 197 Å². The molecule has 0 aliphatic carbocycles. The van der Waals surface area contributed by atoms with Crippen LogP contribution >= 0.6 is 35.6 Å². The first-order chi connectivity index (χ1) is 15.0. The Morgan fingerprint density at radius 1 is 1.31 bits per heavy atom. The molecule has 6 nitrogen and oxygen atoms in total. The first-order valence-electron chi connectivity index (χ1n) is 9.19. The number of phenols is 1. The number of anilines is 1. The zero-order valence-electron chi connectivity index (χ0n) is 17.5. The van der Waals surface area contributed by atoms with Crippen LogP contribution in [0.3, 0.4) is 0 Å². The van der Waals surface area contributed by atoms with Crippen molar-refractivity contribution in [3.63, 3.8) is 0 Å². The summed E-state index contributed by atoms with van der Waals surface area (Å²) < 4.78 is 38.5. The van der Waals surface area contributed by atoms with E-state index in [1.54, 1.807) is 6.92 Å². The number of rotatable bonds is 3. The van der Waals surface area contributed by atoms with Crippen molar-refractivity contribution in [1.29, 1.82) is 0 Å². The van der Waals surface area contributed by atoms with Gasteiger partial charge in [-0.25, -0.2) is 10.9 Å². The second-order valence-corrected chi connectivity index (χ2v) is 8.14. The number of carbonyl (C=O) groups excluding carboxylic acids is 1. The van der Waals surface area contributed by atoms with Crippen molar-refractivity contribution in [2.75, 3.05) is 17.7 Å². The Balaban J connectivity index is 0.000000645. The molecule has 1 amide bonds. The fourth-order valence-corrected chi connectivity index (χ4v) is 3.40. The van der Waals surface area contributed by atoms with Crippen LogP contribution in [0, 0.1) is 6.92 Å². The number of nitrogens with zero attached hydrogens (tertiary/aromatic N) is 1. The highest BCUT2D eigenvalue weighted by Gasteiger charge is 2.30. The molecule has 0 saturated heterocycles. The fraction of sp³-hybridized carbons (Fsp3) is 0.300. The maximum absolute atomic E-state index is 12.7. The van der Waals surface area contributed by atoms with E-state index in [0.717, 1.165) is 29.2 Å². The van der Waals surface area contributed by atoms with Gasteiger partial charge in [-0.1, -0.05) is 29.9 Å². The van der Waals surface area contributed by atoms with Crippen LogP contribution in [-0.4, -0.2) is 28.4 Å². The number of nitrogens with two attached hydrogens (primary N) is 1. The molecule has 2 aromatic carbocycles. The first kappa shape index (κ1) is 28.0. The van der Waals surface area contributed by atoms with Gasteiger partial charge in [-0.3, -0.25) is 10.1 Å². The van der Waals surface area contributed by atoms with E-state index in [9.17, 15) is 23.1 Å². The second kappa shape index (κ2) is 12.9. The number of carbonyl (C=O) groups is 1. The van der Waals surface area contributed by atoms with E-state index >= 15 is 0 Å². The van der Waals surface area contributed by atoms with Gasteiger partial charge in [0, 0.05) is 5.02 Å². The number of phenolic OH excluding ortho intramolecular Hbond substituents is 1. The van der Waals surface area contributed by atoms with E-state index < -0.39 is 17.6 Å². The number of aryl methyl sites for hydroxylation is 1. The normalized spacial score (nSPS) is 10.7. The second-order valence-electron chi connectivity index (χ2n) is 6.04. The third kappa shape index (κ3) is 8.14. The summed E-state index contributed by atoms with van der Waals surface area (Å²) in [5.41, 5.74) is -0.0681. The summed E-state index contributed by atoms with van der Waals surface area (Å²) >= 11 is 10.6. The number of fused-ring (bicyclic) bond motifs is 1. The molecule has 0 radical (unpaired) electrons. The van der Waals surface area contributed by atoms with Crippen LogP contribution in [0.25, 0.3) is 10.2 Å². The minimum Gasteiger partial charge on any atom is -0.507 e. The van der Waals surface area contributed by atoms with Gasteiger partial charge in [-0.05, 0) is 55.5 Å². The number of alkyl halides is 3. The standard InChI is InChI=1S/C16H10ClF3N2O2S.C2H7NO.C2H6S/c1-7-4-9(17)6-10(13(7)23)14(24)22-15-21-11-3-2-8(16(18,19)20)5-12(11)25-15;1-2-4-3;1-2-3/h2-6,23H,1H3,(H,21,22,24);2-3H2,1H3;3H,2H2,1H3. The maximum atomic E-state index is 12.7. The van der Waals surface area contributed by atoms with Crippen molar-refractivity contribution in [2.45, 2.75) is 26.9 Å². The molecular weight excluding hydrogens is 487 g/mol. The van der Waals surface area contributed by atoms with Crippen molar-refractivity contribution < 1.29 is 27.9 Å². The Morgan fingerprint density at radius 3 is 2.44 bits per heavy atom. The lowest BCUT2D eigenvalue weighted by Crippen LogP contribution is -2.12. The van der Waals surface area contributed by atoms with Gasteiger partial charge in [0.25, 0.3) is 5.91 Å². The van der Waals surface area contributed by atoms with E-state index in [1.807, 2.05) is 13.8 Å². The largest absolute Gasteiger partial charge is 0.507 e. The van der Waals surface area contributed by atoms with E-state index in [-0.39, 0.29) is 26.2 Å². The number of amides is 1. The number of benzene rings is 2. The van der Waals surface area contributed by atoms with E-state index in [1.165, 1.54) is 18.2 Å². The molecule has 0 saturated carbocycles. The Kier molecular flexibility index (Phi) is 11.2. The summed E-state index contributed by atoms with van der Waals surface area (Å²) in [5.74, 6) is 4.60. The lowest BCUT2D eigenvalue weighted by atomic mass is 10.1. The quantitative estimate of drug-likeness (QED) is 0.254. The van der Waals surface area contributed by atoms with Gasteiger partial charge in [-0.15, -0.1) is 0 Å². The average molecular weight is 510 g/mol. The van der Waals surface area contributed by atoms with Crippen LogP contribution in [-0.2, 0) is 11.0 Å². The van der Waals surface area contributed by atoms with Crippen LogP contribution in [0.1, 0.15) is 35.3 Å². The Morgan fingerprint density at radius 2 is 1.91 bits per heavy atom. The third-order valence-electron chi connectivity index (χ3n) is 3.61. The number of halogens is 4. The summed E-state index contributed by atoms with van der Waals surface area (Å²) in [7, 11) is 0. The molecule has 0 aliphatic rings. The monoisotopic (exact) mass is 509 g/mol. The number of aromatic nitrogens is 1. The van der Waals surface area contributed by atoms with Gasteiger partial charge in [-0.2, -0.15) is 25.8 Å². The van der Waals surface area contributed by atoms with Gasteiger partial charge in [0.1, 0.15) is 5.75 Å². The number of thiazole rings is 1. The predicted octanol–water partition coefficient (Wildman–Crippen LogP) is 6.07. The van der Waals surface area contributed by atoms with Crippen molar-refractivity contribution in [3.05, 3.63) is 52.0 Å². The molecule has 0 unspecified atom stereocenters. The zero-order valence-corrected chi connectivity index (χ0v) is 19.9. The molecule has 0 fully saturated rings. The van der Waals surface area contributed by atoms with Crippen molar-refractivity contribution in [2.24, 2.45) is 5.90 Å². The molecule has 3 rings (SSSR count). The molecule has 0 aliphatic heterocycles. The molecule has 3 aromatic rings. The highest BCUT2D eigenvalue weighted by Crippen LogP contribution is 2.35. The van der Waals surface area contributed by atoms with E-state index in [2.05, 4.69) is 33.7 Å². The first-order valence-corrected chi connectivity index (χ1v) is 11.0. The van der Waals surface area contributed by atoms with Gasteiger partial charge >= 0.3 is 6.18 Å². The Hall–Kier alpha value is -2.05. The molecular formula is C20H23ClF3N3O3S2. The molecule has 4 N–H and O–H groups in total. The molecule has 0 spiro atoms. The van der Waals surface area contributed by atoms with E-state index in [4.69, 9.17) is 11.6 Å². The predicted molar refractivity (Wildman–Crippen MR) is 126 cm³/mol. The summed E-state index contributed by atoms with van der Waals surface area (Å²) in [5, 5.41) is 12.8. The molecule has 12 heteroatoms. The highest BCUT2D eigenvalue weighted by molar-refractivity contribution is 7.80. The summed E-state index contributed by atoms with van der Waals surface area (Å²) in [6.07, 6.45) is -4.45. The van der Waals surface area contributed by atoms with Crippen LogP contribution in [0.5, 0.6) is 5.75 Å². The SMILES string of the molecule is CCON.CCS.Cc1cc(Cl)cc(C(=O)Nc2nc3ccc(C(F)(F)F)cc3s2)c1O. The Bertz CT molecular complexity index is 1040. The molecule has 176 valence electrons. The fourth-order valence-electron chi connectivity index (χ4n) is 2.23. The minimum absolute atomic E-state index is 0.0414. The summed E-state index contributed by atoms with van der Waals surface area (Å²) in [6.45, 7) is 6.01. The molecule has 32 heavy (non-hydrogen) atoms. The molecule has 0 atom stereocenters. The van der Waals surface area contributed by atoms with Crippen LogP contribution in [0.4, 0.5) is 18.3 Å². The lowest BCUT2D eigenvalue weighted by Gasteiger charge is -2.07.